The number of halogens is 1. The predicted molar refractivity (Wildman–Crippen MR) is 127 cm³/mol. The van der Waals surface area contributed by atoms with Crippen LogP contribution in [-0.2, 0) is 22.7 Å². The summed E-state index contributed by atoms with van der Waals surface area (Å²) in [5, 5.41) is 4.90. The van der Waals surface area contributed by atoms with Crippen molar-refractivity contribution in [2.24, 2.45) is 0 Å². The summed E-state index contributed by atoms with van der Waals surface area (Å²) >= 11 is 6.11. The van der Waals surface area contributed by atoms with Crippen LogP contribution in [-0.4, -0.2) is 24.5 Å². The normalized spacial score (nSPS) is 11.4. The largest absolute Gasteiger partial charge is 0.275 e. The Kier molecular flexibility index (Phi) is 6.26. The highest BCUT2D eigenvalue weighted by molar-refractivity contribution is 7.90. The summed E-state index contributed by atoms with van der Waals surface area (Å²) in [6.45, 7) is 0. The zero-order valence-corrected chi connectivity index (χ0v) is 19.0. The lowest BCUT2D eigenvalue weighted by atomic mass is 9.97. The first-order chi connectivity index (χ1) is 15.3. The van der Waals surface area contributed by atoms with Crippen molar-refractivity contribution in [3.63, 3.8) is 0 Å². The van der Waals surface area contributed by atoms with Crippen LogP contribution in [0.3, 0.4) is 0 Å². The van der Waals surface area contributed by atoms with Crippen molar-refractivity contribution in [2.75, 3.05) is 6.26 Å². The second-order valence-corrected chi connectivity index (χ2v) is 9.97. The van der Waals surface area contributed by atoms with Gasteiger partial charge in [-0.2, -0.15) is 9.78 Å². The maximum Gasteiger partial charge on any atom is 0.275 e. The van der Waals surface area contributed by atoms with Gasteiger partial charge in [0.1, 0.15) is 0 Å². The highest BCUT2D eigenvalue weighted by atomic mass is 35.5. The Morgan fingerprint density at radius 2 is 1.62 bits per heavy atom. The summed E-state index contributed by atoms with van der Waals surface area (Å²) in [5.74, 6) is 0. The molecule has 0 amide bonds. The Morgan fingerprint density at radius 1 is 0.906 bits per heavy atom. The summed E-state index contributed by atoms with van der Waals surface area (Å²) in [5.41, 5.74) is 3.51. The van der Waals surface area contributed by atoms with Crippen LogP contribution < -0.4 is 5.56 Å². The zero-order chi connectivity index (χ0) is 22.7. The van der Waals surface area contributed by atoms with E-state index < -0.39 is 9.84 Å². The van der Waals surface area contributed by atoms with E-state index in [-0.39, 0.29) is 10.5 Å². The molecule has 7 heteroatoms. The molecule has 0 unspecified atom stereocenters. The van der Waals surface area contributed by atoms with E-state index in [1.165, 1.54) is 10.9 Å². The third kappa shape index (κ3) is 4.82. The average molecular weight is 465 g/mol. The van der Waals surface area contributed by atoms with Gasteiger partial charge in [-0.1, -0.05) is 60.1 Å². The Balaban J connectivity index is 1.81. The minimum atomic E-state index is -3.31. The Hall–Kier alpha value is -3.22. The van der Waals surface area contributed by atoms with Gasteiger partial charge >= 0.3 is 0 Å². The Morgan fingerprint density at radius 3 is 2.28 bits per heavy atom. The lowest BCUT2D eigenvalue weighted by molar-refractivity contribution is 0.602. The second kappa shape index (κ2) is 9.10. The molecule has 4 rings (SSSR count). The monoisotopic (exact) mass is 464 g/mol. The smallest absolute Gasteiger partial charge is 0.267 e. The van der Waals surface area contributed by atoms with Crippen LogP contribution in [0.5, 0.6) is 0 Å². The quantitative estimate of drug-likeness (QED) is 0.413. The van der Waals surface area contributed by atoms with Crippen LogP contribution in [0.4, 0.5) is 0 Å². The molecule has 0 aliphatic heterocycles. The molecule has 0 fully saturated rings. The molecular formula is C25H21ClN2O3S. The fourth-order valence-electron chi connectivity index (χ4n) is 3.57. The molecule has 0 atom stereocenters. The molecule has 0 saturated heterocycles. The van der Waals surface area contributed by atoms with E-state index >= 15 is 0 Å². The summed E-state index contributed by atoms with van der Waals surface area (Å²) in [4.78, 5) is 13.7. The molecule has 0 saturated carbocycles. The minimum absolute atomic E-state index is 0.229. The number of benzene rings is 3. The summed E-state index contributed by atoms with van der Waals surface area (Å²) in [7, 11) is -3.31. The van der Waals surface area contributed by atoms with Crippen molar-refractivity contribution >= 4 is 21.4 Å². The van der Waals surface area contributed by atoms with Gasteiger partial charge in [0.15, 0.2) is 9.84 Å². The number of aryl methyl sites for hydroxylation is 1. The average Bonchev–Trinajstić information content (AvgIpc) is 2.78. The molecule has 1 aromatic heterocycles. The number of sulfone groups is 1. The summed E-state index contributed by atoms with van der Waals surface area (Å²) < 4.78 is 25.0. The van der Waals surface area contributed by atoms with Gasteiger partial charge in [0.05, 0.1) is 16.8 Å². The number of hydrogen-bond acceptors (Lipinski definition) is 4. The Labute approximate surface area is 191 Å². The van der Waals surface area contributed by atoms with Crippen molar-refractivity contribution in [3.05, 3.63) is 112 Å². The molecule has 32 heavy (non-hydrogen) atoms. The topological polar surface area (TPSA) is 69.0 Å². The van der Waals surface area contributed by atoms with E-state index in [1.54, 1.807) is 54.7 Å². The highest BCUT2D eigenvalue weighted by Crippen LogP contribution is 2.24. The van der Waals surface area contributed by atoms with E-state index in [0.717, 1.165) is 11.1 Å². The molecule has 0 radical (unpaired) electrons. The standard InChI is InChI=1S/C25H21ClN2O3S/c1-32(30,31)22-13-11-19(12-14-22)24-17-27-28(21-9-5-8-20(26)16-21)25(29)23(24)15-10-18-6-3-2-4-7-18/h2-9,11-14,16-17H,10,15H2,1H3. The molecule has 0 N–H and O–H groups in total. The number of nitrogens with zero attached hydrogens (tertiary/aromatic N) is 2. The predicted octanol–water partition coefficient (Wildman–Crippen LogP) is 4.74. The van der Waals surface area contributed by atoms with Crippen LogP contribution in [0.2, 0.25) is 5.02 Å². The van der Waals surface area contributed by atoms with Gasteiger partial charge in [-0.3, -0.25) is 4.79 Å². The van der Waals surface area contributed by atoms with E-state index in [9.17, 15) is 13.2 Å². The zero-order valence-electron chi connectivity index (χ0n) is 17.4. The molecule has 1 heterocycles. The van der Waals surface area contributed by atoms with Crippen molar-refractivity contribution in [2.45, 2.75) is 17.7 Å². The molecule has 0 aliphatic rings. The molecule has 0 aliphatic carbocycles. The van der Waals surface area contributed by atoms with Crippen LogP contribution in [0.15, 0.2) is 94.7 Å². The molecular weight excluding hydrogens is 444 g/mol. The summed E-state index contributed by atoms with van der Waals surface area (Å²) in [6, 6.07) is 23.4. The van der Waals surface area contributed by atoms with Gasteiger partial charge in [-0.25, -0.2) is 8.42 Å². The fourth-order valence-corrected chi connectivity index (χ4v) is 4.38. The lowest BCUT2D eigenvalue weighted by Crippen LogP contribution is -2.26. The van der Waals surface area contributed by atoms with E-state index in [0.29, 0.717) is 34.7 Å². The molecule has 3 aromatic carbocycles. The number of aromatic nitrogens is 2. The lowest BCUT2D eigenvalue weighted by Gasteiger charge is -2.13. The maximum atomic E-state index is 13.5. The molecule has 0 spiro atoms. The van der Waals surface area contributed by atoms with Gasteiger partial charge in [0, 0.05) is 22.4 Å². The van der Waals surface area contributed by atoms with Crippen molar-refractivity contribution in [1.29, 1.82) is 0 Å². The number of rotatable bonds is 6. The van der Waals surface area contributed by atoms with Gasteiger partial charge in [-0.15, -0.1) is 0 Å². The van der Waals surface area contributed by atoms with E-state index in [1.807, 2.05) is 30.3 Å². The fraction of sp³-hybridized carbons (Fsp3) is 0.120. The van der Waals surface area contributed by atoms with Crippen LogP contribution >= 0.6 is 11.6 Å². The molecule has 0 bridgehead atoms. The van der Waals surface area contributed by atoms with Gasteiger partial charge in [0.25, 0.3) is 5.56 Å². The van der Waals surface area contributed by atoms with Crippen molar-refractivity contribution in [1.82, 2.24) is 9.78 Å². The molecule has 4 aromatic rings. The third-order valence-corrected chi connectivity index (χ3v) is 6.59. The van der Waals surface area contributed by atoms with Gasteiger partial charge in [-0.05, 0) is 54.3 Å². The highest BCUT2D eigenvalue weighted by Gasteiger charge is 2.16. The molecule has 162 valence electrons. The third-order valence-electron chi connectivity index (χ3n) is 5.23. The maximum absolute atomic E-state index is 13.5. The van der Waals surface area contributed by atoms with E-state index in [4.69, 9.17) is 11.6 Å². The molecule has 5 nitrogen and oxygen atoms in total. The van der Waals surface area contributed by atoms with Crippen molar-refractivity contribution < 1.29 is 8.42 Å². The number of hydrogen-bond donors (Lipinski definition) is 0. The first-order valence-electron chi connectivity index (χ1n) is 10.0. The first kappa shape index (κ1) is 22.0. The van der Waals surface area contributed by atoms with E-state index in [2.05, 4.69) is 5.10 Å². The van der Waals surface area contributed by atoms with Crippen molar-refractivity contribution in [3.8, 4) is 16.8 Å². The van der Waals surface area contributed by atoms with Gasteiger partial charge in [0.2, 0.25) is 0 Å². The summed E-state index contributed by atoms with van der Waals surface area (Å²) in [6.07, 6.45) is 4.01. The minimum Gasteiger partial charge on any atom is -0.267 e. The van der Waals surface area contributed by atoms with Crippen LogP contribution in [0.1, 0.15) is 11.1 Å². The first-order valence-corrected chi connectivity index (χ1v) is 12.3. The van der Waals surface area contributed by atoms with Crippen LogP contribution in [0, 0.1) is 0 Å². The second-order valence-electron chi connectivity index (χ2n) is 7.52. The Bertz CT molecular complexity index is 1410. The van der Waals surface area contributed by atoms with Crippen LogP contribution in [0.25, 0.3) is 16.8 Å². The SMILES string of the molecule is CS(=O)(=O)c1ccc(-c2cnn(-c3cccc(Cl)c3)c(=O)c2CCc2ccccc2)cc1. The van der Waals surface area contributed by atoms with Gasteiger partial charge < -0.3 is 0 Å².